The highest BCUT2D eigenvalue weighted by Gasteiger charge is 2.54. The van der Waals surface area contributed by atoms with Crippen molar-refractivity contribution in [3.8, 4) is 0 Å². The average Bonchev–Trinajstić information content (AvgIpc) is 2.92. The van der Waals surface area contributed by atoms with Crippen LogP contribution in [0.4, 0.5) is 0 Å². The number of fused-ring (bicyclic) bond motifs is 1. The molecule has 0 bridgehead atoms. The Morgan fingerprint density at radius 3 is 2.70 bits per heavy atom. The van der Waals surface area contributed by atoms with Crippen LogP contribution in [0.1, 0.15) is 41.0 Å². The summed E-state index contributed by atoms with van der Waals surface area (Å²) in [5.74, 6) is -2.54. The maximum Gasteiger partial charge on any atom is 0.334 e. The maximum atomic E-state index is 12.8. The predicted octanol–water partition coefficient (Wildman–Crippen LogP) is 2.53. The van der Waals surface area contributed by atoms with Crippen molar-refractivity contribution in [2.75, 3.05) is 6.61 Å². The van der Waals surface area contributed by atoms with Crippen molar-refractivity contribution in [3.05, 3.63) is 36.5 Å². The topological polar surface area (TPSA) is 99.1 Å². The minimum Gasteiger partial charge on any atom is -0.458 e. The first-order valence-corrected chi connectivity index (χ1v) is 10.3. The molecule has 30 heavy (non-hydrogen) atoms. The van der Waals surface area contributed by atoms with E-state index in [9.17, 15) is 19.5 Å². The molecule has 0 spiro atoms. The lowest BCUT2D eigenvalue weighted by Crippen LogP contribution is -2.58. The lowest BCUT2D eigenvalue weighted by molar-refractivity contribution is -0.191. The van der Waals surface area contributed by atoms with Crippen molar-refractivity contribution in [1.82, 2.24) is 0 Å². The second kappa shape index (κ2) is 9.71. The van der Waals surface area contributed by atoms with Gasteiger partial charge in [-0.2, -0.15) is 0 Å². The number of esters is 2. The van der Waals surface area contributed by atoms with Crippen molar-refractivity contribution in [2.45, 2.75) is 65.0 Å². The lowest BCUT2D eigenvalue weighted by Gasteiger charge is -2.40. The quantitative estimate of drug-likeness (QED) is 0.539. The van der Waals surface area contributed by atoms with Crippen LogP contribution in [0.3, 0.4) is 0 Å². The molecule has 0 amide bonds. The van der Waals surface area contributed by atoms with Crippen molar-refractivity contribution in [2.24, 2.45) is 17.8 Å². The Hall–Kier alpha value is -2.25. The Balaban J connectivity index is 2.61. The number of carbonyl (C=O) groups is 3. The molecule has 0 aromatic heterocycles. The molecule has 0 aromatic rings. The number of hydrogen-bond donors (Lipinski definition) is 1. The molecular formula is C23H32O7. The van der Waals surface area contributed by atoms with Crippen molar-refractivity contribution in [1.29, 1.82) is 0 Å². The predicted molar refractivity (Wildman–Crippen MR) is 110 cm³/mol. The third kappa shape index (κ3) is 5.26. The first-order chi connectivity index (χ1) is 14.0. The SMILES string of the molecule is C=C1C(=O)OC2CC(C)C=CC(=O)C(C)(O)C(OC(=O)C=CC)C(OCC(C)C)C12. The van der Waals surface area contributed by atoms with Crippen LogP contribution in [-0.4, -0.2) is 53.3 Å². The molecule has 1 heterocycles. The summed E-state index contributed by atoms with van der Waals surface area (Å²) in [6.45, 7) is 12.9. The third-order valence-electron chi connectivity index (χ3n) is 5.38. The Bertz CT molecular complexity index is 747. The monoisotopic (exact) mass is 420 g/mol. The molecule has 2 aliphatic rings. The molecule has 6 unspecified atom stereocenters. The number of hydrogen-bond acceptors (Lipinski definition) is 7. The van der Waals surface area contributed by atoms with Gasteiger partial charge in [0.15, 0.2) is 17.5 Å². The van der Waals surface area contributed by atoms with Gasteiger partial charge in [0.25, 0.3) is 0 Å². The van der Waals surface area contributed by atoms with Gasteiger partial charge >= 0.3 is 11.9 Å². The van der Waals surface area contributed by atoms with Crippen molar-refractivity contribution in [3.63, 3.8) is 0 Å². The van der Waals surface area contributed by atoms with Crippen LogP contribution >= 0.6 is 0 Å². The van der Waals surface area contributed by atoms with Gasteiger partial charge < -0.3 is 19.3 Å². The smallest absolute Gasteiger partial charge is 0.334 e. The third-order valence-corrected chi connectivity index (χ3v) is 5.38. The van der Waals surface area contributed by atoms with E-state index < -0.39 is 47.6 Å². The van der Waals surface area contributed by atoms with Crippen LogP contribution < -0.4 is 0 Å². The summed E-state index contributed by atoms with van der Waals surface area (Å²) in [7, 11) is 0. The molecule has 7 nitrogen and oxygen atoms in total. The maximum absolute atomic E-state index is 12.8. The zero-order valence-electron chi connectivity index (χ0n) is 18.3. The first kappa shape index (κ1) is 24.0. The molecule has 1 fully saturated rings. The molecule has 1 saturated heterocycles. The van der Waals surface area contributed by atoms with Gasteiger partial charge in [0, 0.05) is 18.3 Å². The molecule has 1 aliphatic heterocycles. The fourth-order valence-electron chi connectivity index (χ4n) is 3.74. The van der Waals surface area contributed by atoms with Crippen LogP contribution in [0.25, 0.3) is 0 Å². The fraction of sp³-hybridized carbons (Fsp3) is 0.609. The molecule has 1 N–H and O–H groups in total. The van der Waals surface area contributed by atoms with E-state index in [4.69, 9.17) is 14.2 Å². The van der Waals surface area contributed by atoms with E-state index in [1.807, 2.05) is 20.8 Å². The van der Waals surface area contributed by atoms with Crippen LogP contribution in [-0.2, 0) is 28.6 Å². The van der Waals surface area contributed by atoms with Gasteiger partial charge in [-0.25, -0.2) is 9.59 Å². The highest BCUT2D eigenvalue weighted by molar-refractivity contribution is 5.97. The number of rotatable bonds is 5. The van der Waals surface area contributed by atoms with Crippen LogP contribution in [0, 0.1) is 17.8 Å². The van der Waals surface area contributed by atoms with Gasteiger partial charge in [-0.05, 0) is 38.2 Å². The van der Waals surface area contributed by atoms with Gasteiger partial charge in [-0.1, -0.05) is 39.5 Å². The Morgan fingerprint density at radius 1 is 1.43 bits per heavy atom. The standard InChI is InChI=1S/C23H32O7/c1-7-8-18(25)30-21-20(28-12-13(2)3)19-15(5)22(26)29-16(19)11-14(4)9-10-17(24)23(21,6)27/h7-10,13-14,16,19-21,27H,5,11-12H2,1-4,6H3. The summed E-state index contributed by atoms with van der Waals surface area (Å²) in [6.07, 6.45) is 3.13. The van der Waals surface area contributed by atoms with Gasteiger partial charge in [0.1, 0.15) is 12.2 Å². The van der Waals surface area contributed by atoms with Gasteiger partial charge in [-0.3, -0.25) is 4.79 Å². The molecule has 166 valence electrons. The number of ether oxygens (including phenoxy) is 3. The van der Waals surface area contributed by atoms with Crippen LogP contribution in [0.2, 0.25) is 0 Å². The summed E-state index contributed by atoms with van der Waals surface area (Å²) >= 11 is 0. The molecule has 0 radical (unpaired) electrons. The van der Waals surface area contributed by atoms with E-state index in [-0.39, 0.29) is 24.0 Å². The summed E-state index contributed by atoms with van der Waals surface area (Å²) in [6, 6.07) is 0. The normalized spacial score (nSPS) is 34.9. The summed E-state index contributed by atoms with van der Waals surface area (Å²) in [5, 5.41) is 11.2. The first-order valence-electron chi connectivity index (χ1n) is 10.3. The molecular weight excluding hydrogens is 388 g/mol. The Labute approximate surface area is 177 Å². The fourth-order valence-corrected chi connectivity index (χ4v) is 3.74. The summed E-state index contributed by atoms with van der Waals surface area (Å²) in [5.41, 5.74) is -1.90. The summed E-state index contributed by atoms with van der Waals surface area (Å²) in [4.78, 5) is 37.5. The molecule has 1 aliphatic carbocycles. The second-order valence-corrected chi connectivity index (χ2v) is 8.63. The molecule has 2 rings (SSSR count). The molecule has 0 aromatic carbocycles. The average molecular weight is 421 g/mol. The van der Waals surface area contributed by atoms with Crippen LogP contribution in [0.15, 0.2) is 36.5 Å². The molecule has 6 atom stereocenters. The largest absolute Gasteiger partial charge is 0.458 e. The van der Waals surface area contributed by atoms with Gasteiger partial charge in [-0.15, -0.1) is 0 Å². The van der Waals surface area contributed by atoms with Gasteiger partial charge in [0.05, 0.1) is 5.92 Å². The Kier molecular flexibility index (Phi) is 7.77. The number of aliphatic hydroxyl groups is 1. The van der Waals surface area contributed by atoms with Crippen molar-refractivity contribution >= 4 is 17.7 Å². The van der Waals surface area contributed by atoms with E-state index in [0.717, 1.165) is 0 Å². The van der Waals surface area contributed by atoms with E-state index in [1.54, 1.807) is 13.0 Å². The van der Waals surface area contributed by atoms with E-state index in [2.05, 4.69) is 6.58 Å². The molecule has 0 saturated carbocycles. The number of ketones is 1. The zero-order chi connectivity index (χ0) is 22.6. The highest BCUT2D eigenvalue weighted by Crippen LogP contribution is 2.40. The number of carbonyl (C=O) groups excluding carboxylic acids is 3. The zero-order valence-corrected chi connectivity index (χ0v) is 18.3. The second-order valence-electron chi connectivity index (χ2n) is 8.63. The van der Waals surface area contributed by atoms with E-state index in [1.165, 1.54) is 25.2 Å². The molecule has 7 heteroatoms. The number of allylic oxidation sites excluding steroid dienone is 2. The minimum atomic E-state index is -2.08. The van der Waals surface area contributed by atoms with Crippen molar-refractivity contribution < 1.29 is 33.7 Å². The lowest BCUT2D eigenvalue weighted by atomic mass is 9.77. The highest BCUT2D eigenvalue weighted by atomic mass is 16.6. The van der Waals surface area contributed by atoms with Gasteiger partial charge in [0.2, 0.25) is 0 Å². The summed E-state index contributed by atoms with van der Waals surface area (Å²) < 4.78 is 17.2. The Morgan fingerprint density at radius 2 is 2.10 bits per heavy atom. The van der Waals surface area contributed by atoms with E-state index >= 15 is 0 Å². The minimum absolute atomic E-state index is 0.0937. The van der Waals surface area contributed by atoms with Crippen LogP contribution in [0.5, 0.6) is 0 Å². The van der Waals surface area contributed by atoms with E-state index in [0.29, 0.717) is 6.42 Å².